The number of methoxy groups -OCH3 is 2. The van der Waals surface area contributed by atoms with Gasteiger partial charge in [-0.2, -0.15) is 0 Å². The predicted molar refractivity (Wildman–Crippen MR) is 157 cm³/mol. The van der Waals surface area contributed by atoms with Gasteiger partial charge in [0.05, 0.1) is 20.3 Å². The molecule has 2 aliphatic rings. The highest BCUT2D eigenvalue weighted by Gasteiger charge is 2.58. The summed E-state index contributed by atoms with van der Waals surface area (Å²) < 4.78 is 17.5. The van der Waals surface area contributed by atoms with Gasteiger partial charge in [-0.05, 0) is 86.9 Å². The second-order valence-electron chi connectivity index (χ2n) is 10.1. The number of anilines is 1. The van der Waals surface area contributed by atoms with Gasteiger partial charge in [-0.15, -0.1) is 0 Å². The highest BCUT2D eigenvalue weighted by molar-refractivity contribution is 7.80. The number of hydrogen-bond donors (Lipinski definition) is 2. The molecule has 2 bridgehead atoms. The zero-order valence-electron chi connectivity index (χ0n) is 22.6. The zero-order chi connectivity index (χ0) is 27.9. The first-order valence-electron chi connectivity index (χ1n) is 12.8. The third kappa shape index (κ3) is 4.99. The van der Waals surface area contributed by atoms with Gasteiger partial charge in [-0.25, -0.2) is 0 Å². The maximum Gasteiger partial charge on any atom is 0.236 e. The number of nitrogens with zero attached hydrogens (tertiary/aromatic N) is 1. The Morgan fingerprint density at radius 1 is 1.10 bits per heavy atom. The van der Waals surface area contributed by atoms with Gasteiger partial charge in [0, 0.05) is 22.8 Å². The first-order valence-corrected chi connectivity index (χ1v) is 13.6. The zero-order valence-corrected chi connectivity index (χ0v) is 24.2. The Bertz CT molecular complexity index is 1450. The molecule has 3 unspecified atom stereocenters. The summed E-state index contributed by atoms with van der Waals surface area (Å²) >= 11 is 12.2. The molecule has 3 aromatic carbocycles. The van der Waals surface area contributed by atoms with Crippen molar-refractivity contribution in [2.45, 2.75) is 39.0 Å². The summed E-state index contributed by atoms with van der Waals surface area (Å²) in [5.41, 5.74) is 3.69. The number of benzene rings is 3. The van der Waals surface area contributed by atoms with Crippen molar-refractivity contribution in [2.24, 2.45) is 5.92 Å². The molecule has 0 spiro atoms. The summed E-state index contributed by atoms with van der Waals surface area (Å²) in [6, 6.07) is 16.9. The van der Waals surface area contributed by atoms with E-state index in [4.69, 9.17) is 38.0 Å². The summed E-state index contributed by atoms with van der Waals surface area (Å²) in [4.78, 5) is 16.0. The molecular formula is C30H32ClN3O4S. The van der Waals surface area contributed by atoms with Crippen molar-refractivity contribution in [1.29, 1.82) is 0 Å². The van der Waals surface area contributed by atoms with Crippen LogP contribution in [0.2, 0.25) is 5.02 Å². The lowest BCUT2D eigenvalue weighted by Gasteiger charge is -2.56. The molecule has 0 aliphatic carbocycles. The summed E-state index contributed by atoms with van der Waals surface area (Å²) in [7, 11) is 3.23. The normalized spacial score (nSPS) is 21.4. The van der Waals surface area contributed by atoms with Gasteiger partial charge in [0.25, 0.3) is 0 Å². The van der Waals surface area contributed by atoms with Crippen molar-refractivity contribution < 1.29 is 19.0 Å². The van der Waals surface area contributed by atoms with Crippen LogP contribution in [0.25, 0.3) is 0 Å². The van der Waals surface area contributed by atoms with Crippen LogP contribution in [-0.4, -0.2) is 42.4 Å². The number of carbonyl (C=O) groups is 1. The van der Waals surface area contributed by atoms with Gasteiger partial charge in [-0.1, -0.05) is 35.4 Å². The lowest BCUT2D eigenvalue weighted by Crippen LogP contribution is -2.71. The average molecular weight is 566 g/mol. The van der Waals surface area contributed by atoms with Crippen molar-refractivity contribution >= 4 is 40.5 Å². The Morgan fingerprint density at radius 2 is 1.87 bits per heavy atom. The summed E-state index contributed by atoms with van der Waals surface area (Å²) in [6.07, 6.45) is 0.644. The fourth-order valence-electron chi connectivity index (χ4n) is 5.59. The van der Waals surface area contributed by atoms with E-state index in [9.17, 15) is 4.79 Å². The molecule has 0 saturated carbocycles. The number of fused-ring (bicyclic) bond motifs is 4. The number of amides is 1. The molecule has 7 nitrogen and oxygen atoms in total. The molecule has 3 aromatic rings. The third-order valence-electron chi connectivity index (χ3n) is 7.59. The maximum absolute atomic E-state index is 14.0. The number of rotatable bonds is 7. The Kier molecular flexibility index (Phi) is 7.35. The Balaban J connectivity index is 1.49. The number of thiocarbonyl (C=S) groups is 1. The molecule has 2 aliphatic heterocycles. The third-order valence-corrected chi connectivity index (χ3v) is 8.16. The smallest absolute Gasteiger partial charge is 0.236 e. The monoisotopic (exact) mass is 565 g/mol. The summed E-state index contributed by atoms with van der Waals surface area (Å²) in [5.74, 6) is 1.22. The average Bonchev–Trinajstić information content (AvgIpc) is 2.90. The first kappa shape index (κ1) is 27.1. The van der Waals surface area contributed by atoms with Crippen LogP contribution < -0.4 is 24.8 Å². The van der Waals surface area contributed by atoms with Gasteiger partial charge in [0.2, 0.25) is 5.91 Å². The van der Waals surface area contributed by atoms with E-state index in [-0.39, 0.29) is 5.91 Å². The second kappa shape index (κ2) is 10.6. The van der Waals surface area contributed by atoms with E-state index in [1.807, 2.05) is 74.2 Å². The van der Waals surface area contributed by atoms with Gasteiger partial charge in [0.15, 0.2) is 22.3 Å². The van der Waals surface area contributed by atoms with E-state index in [1.165, 1.54) is 0 Å². The minimum absolute atomic E-state index is 0.161. The molecule has 0 aromatic heterocycles. The van der Waals surface area contributed by atoms with Crippen LogP contribution in [0.5, 0.6) is 17.2 Å². The van der Waals surface area contributed by atoms with Crippen LogP contribution in [0.1, 0.15) is 35.2 Å². The van der Waals surface area contributed by atoms with Gasteiger partial charge in [-0.3, -0.25) is 4.79 Å². The fourth-order valence-corrected chi connectivity index (χ4v) is 6.17. The molecule has 2 heterocycles. The molecule has 1 amide bonds. The minimum Gasteiger partial charge on any atom is -0.493 e. The largest absolute Gasteiger partial charge is 0.493 e. The molecule has 5 rings (SSSR count). The van der Waals surface area contributed by atoms with Crippen LogP contribution in [0, 0.1) is 19.8 Å². The molecule has 1 saturated heterocycles. The van der Waals surface area contributed by atoms with E-state index >= 15 is 0 Å². The van der Waals surface area contributed by atoms with Crippen molar-refractivity contribution in [1.82, 2.24) is 10.2 Å². The fraction of sp³-hybridized carbons (Fsp3) is 0.333. The number of nitrogens with one attached hydrogen (secondary N) is 2. The molecule has 39 heavy (non-hydrogen) atoms. The second-order valence-corrected chi connectivity index (χ2v) is 11.0. The Morgan fingerprint density at radius 3 is 2.59 bits per heavy atom. The SMILES string of the molecule is COc1ccc(CCN2C(=S)NC3c4cc(Cl)ccc4OC2(C)C3C(=O)Nc2ccc(C)cc2C)cc1OC. The molecule has 2 N–H and O–H groups in total. The number of halogens is 1. The van der Waals surface area contributed by atoms with Crippen molar-refractivity contribution in [3.63, 3.8) is 0 Å². The van der Waals surface area contributed by atoms with Crippen LogP contribution in [0.15, 0.2) is 54.6 Å². The summed E-state index contributed by atoms with van der Waals surface area (Å²) in [6.45, 7) is 6.47. The van der Waals surface area contributed by atoms with Crippen LogP contribution in [-0.2, 0) is 11.2 Å². The highest BCUT2D eigenvalue weighted by atomic mass is 35.5. The van der Waals surface area contributed by atoms with E-state index in [0.717, 1.165) is 27.9 Å². The van der Waals surface area contributed by atoms with Crippen molar-refractivity contribution in [3.8, 4) is 17.2 Å². The maximum atomic E-state index is 14.0. The van der Waals surface area contributed by atoms with Crippen LogP contribution >= 0.6 is 23.8 Å². The minimum atomic E-state index is -1.05. The van der Waals surface area contributed by atoms with E-state index in [0.29, 0.717) is 40.3 Å². The Hall–Kier alpha value is -3.49. The topological polar surface area (TPSA) is 72.1 Å². The molecule has 0 radical (unpaired) electrons. The standard InChI is InChI=1S/C30H32ClN3O4S/c1-17-6-9-22(18(2)14-17)32-28(35)26-27-21-16-20(31)8-11-23(21)38-30(26,3)34(29(39)33-27)13-12-19-7-10-24(36-4)25(15-19)37-5/h6-11,14-16,26-27H,12-13H2,1-5H3,(H,32,35)(H,33,39). The van der Waals surface area contributed by atoms with Gasteiger partial charge < -0.3 is 29.7 Å². The quantitative estimate of drug-likeness (QED) is 0.350. The first-order chi connectivity index (χ1) is 18.6. The number of aryl methyl sites for hydroxylation is 2. The number of hydrogen-bond acceptors (Lipinski definition) is 5. The predicted octanol–water partition coefficient (Wildman–Crippen LogP) is 5.81. The summed E-state index contributed by atoms with van der Waals surface area (Å²) in [5, 5.41) is 7.67. The molecule has 9 heteroatoms. The van der Waals surface area contributed by atoms with Crippen LogP contribution in [0.4, 0.5) is 5.69 Å². The van der Waals surface area contributed by atoms with Crippen molar-refractivity contribution in [3.05, 3.63) is 81.9 Å². The molecule has 1 fully saturated rings. The molecule has 204 valence electrons. The molecule has 3 atom stereocenters. The van der Waals surface area contributed by atoms with E-state index < -0.39 is 17.7 Å². The molecular weight excluding hydrogens is 534 g/mol. The van der Waals surface area contributed by atoms with Gasteiger partial charge >= 0.3 is 0 Å². The lowest BCUT2D eigenvalue weighted by molar-refractivity contribution is -0.149. The number of ether oxygens (including phenoxy) is 3. The van der Waals surface area contributed by atoms with Gasteiger partial charge in [0.1, 0.15) is 11.7 Å². The number of carbonyl (C=O) groups excluding carboxylic acids is 1. The lowest BCUT2D eigenvalue weighted by atomic mass is 9.78. The highest BCUT2D eigenvalue weighted by Crippen LogP contribution is 2.49. The van der Waals surface area contributed by atoms with E-state index in [1.54, 1.807) is 20.3 Å². The van der Waals surface area contributed by atoms with Crippen LogP contribution in [0.3, 0.4) is 0 Å². The Labute approximate surface area is 239 Å². The van der Waals surface area contributed by atoms with E-state index in [2.05, 4.69) is 10.6 Å². The van der Waals surface area contributed by atoms with Crippen molar-refractivity contribution in [2.75, 3.05) is 26.1 Å².